The molecule has 4 rings (SSSR count). The normalized spacial score (nSPS) is 15.0. The number of fused-ring (bicyclic) bond motifs is 1. The molecule has 10 heteroatoms. The molecule has 0 aliphatic carbocycles. The van der Waals surface area contributed by atoms with Gasteiger partial charge in [-0.1, -0.05) is 29.3 Å². The van der Waals surface area contributed by atoms with Gasteiger partial charge in [-0.3, -0.25) is 24.8 Å². The van der Waals surface area contributed by atoms with Gasteiger partial charge in [0, 0.05) is 40.2 Å². The standard InChI is InChI=1S/C21H19ClN6O3/c1-11-4-7-17(12(2)8-11)24-20-25-19(15-10-14(28(30)31)5-6-16(15)22)27-18(29)9-13(3)23-21(27)26-20/h4-10,19H,1-3H3,(H2,23,24,25,26). The van der Waals surface area contributed by atoms with Crippen molar-refractivity contribution in [2.24, 2.45) is 4.99 Å². The molecule has 1 aliphatic rings. The fourth-order valence-electron chi connectivity index (χ4n) is 3.44. The summed E-state index contributed by atoms with van der Waals surface area (Å²) in [5.41, 5.74) is 3.31. The minimum Gasteiger partial charge on any atom is -0.326 e. The number of aliphatic imine (C=N–C) groups is 1. The first-order chi connectivity index (χ1) is 14.7. The summed E-state index contributed by atoms with van der Waals surface area (Å²) < 4.78 is 1.32. The summed E-state index contributed by atoms with van der Waals surface area (Å²) in [7, 11) is 0. The molecule has 0 saturated heterocycles. The quantitative estimate of drug-likeness (QED) is 0.468. The number of halogens is 1. The van der Waals surface area contributed by atoms with Gasteiger partial charge in [-0.25, -0.2) is 9.98 Å². The molecule has 2 N–H and O–H groups in total. The lowest BCUT2D eigenvalue weighted by Gasteiger charge is -2.27. The first-order valence-electron chi connectivity index (χ1n) is 9.46. The Hall–Kier alpha value is -3.72. The van der Waals surface area contributed by atoms with Crippen molar-refractivity contribution in [3.63, 3.8) is 0 Å². The fraction of sp³-hybridized carbons (Fsp3) is 0.190. The number of hydrogen-bond acceptors (Lipinski definition) is 7. The van der Waals surface area contributed by atoms with Crippen molar-refractivity contribution in [2.45, 2.75) is 26.9 Å². The van der Waals surface area contributed by atoms with Gasteiger partial charge in [0.25, 0.3) is 11.2 Å². The van der Waals surface area contributed by atoms with E-state index in [0.717, 1.165) is 16.8 Å². The zero-order valence-corrected chi connectivity index (χ0v) is 17.8. The zero-order valence-electron chi connectivity index (χ0n) is 17.0. The van der Waals surface area contributed by atoms with E-state index in [1.54, 1.807) is 6.92 Å². The van der Waals surface area contributed by atoms with E-state index in [-0.39, 0.29) is 22.2 Å². The van der Waals surface area contributed by atoms with Crippen LogP contribution >= 0.6 is 11.6 Å². The summed E-state index contributed by atoms with van der Waals surface area (Å²) in [6.07, 6.45) is -0.933. The van der Waals surface area contributed by atoms with Crippen LogP contribution in [0.1, 0.15) is 28.6 Å². The summed E-state index contributed by atoms with van der Waals surface area (Å²) in [6.45, 7) is 5.68. The number of nitrogens with one attached hydrogen (secondary N) is 2. The number of nitro benzene ring substituents is 1. The van der Waals surface area contributed by atoms with Crippen LogP contribution in [-0.2, 0) is 0 Å². The lowest BCUT2D eigenvalue weighted by molar-refractivity contribution is -0.384. The van der Waals surface area contributed by atoms with Crippen molar-refractivity contribution in [1.82, 2.24) is 9.55 Å². The molecule has 0 bridgehead atoms. The van der Waals surface area contributed by atoms with Crippen LogP contribution in [-0.4, -0.2) is 20.4 Å². The van der Waals surface area contributed by atoms with E-state index >= 15 is 0 Å². The maximum Gasteiger partial charge on any atom is 0.269 e. The number of guanidine groups is 1. The first-order valence-corrected chi connectivity index (χ1v) is 9.84. The Kier molecular flexibility index (Phi) is 5.20. The second kappa shape index (κ2) is 7.84. The highest BCUT2D eigenvalue weighted by molar-refractivity contribution is 6.31. The minimum atomic E-state index is -0.933. The average molecular weight is 439 g/mol. The second-order valence-corrected chi connectivity index (χ2v) is 7.72. The van der Waals surface area contributed by atoms with Crippen molar-refractivity contribution in [2.75, 3.05) is 10.6 Å². The Morgan fingerprint density at radius 3 is 2.65 bits per heavy atom. The summed E-state index contributed by atoms with van der Waals surface area (Å²) >= 11 is 6.37. The smallest absolute Gasteiger partial charge is 0.269 e. The largest absolute Gasteiger partial charge is 0.326 e. The lowest BCUT2D eigenvalue weighted by Crippen LogP contribution is -2.38. The summed E-state index contributed by atoms with van der Waals surface area (Å²) in [5.74, 6) is 0.608. The van der Waals surface area contributed by atoms with Gasteiger partial charge in [0.05, 0.1) is 4.92 Å². The Morgan fingerprint density at radius 1 is 1.16 bits per heavy atom. The van der Waals surface area contributed by atoms with Crippen molar-refractivity contribution in [1.29, 1.82) is 0 Å². The van der Waals surface area contributed by atoms with Crippen LogP contribution in [0.15, 0.2) is 52.3 Å². The van der Waals surface area contributed by atoms with Gasteiger partial charge in [0.2, 0.25) is 11.9 Å². The van der Waals surface area contributed by atoms with Crippen molar-refractivity contribution in [3.8, 4) is 0 Å². The second-order valence-electron chi connectivity index (χ2n) is 7.31. The molecule has 158 valence electrons. The van der Waals surface area contributed by atoms with Gasteiger partial charge in [-0.05, 0) is 38.5 Å². The SMILES string of the molecule is Cc1ccc(NC2=NC(c3cc([N+](=O)[O-])ccc3Cl)n3c(nc(C)cc3=O)N2)c(C)c1. The summed E-state index contributed by atoms with van der Waals surface area (Å²) in [6, 6.07) is 11.4. The third-order valence-corrected chi connectivity index (χ3v) is 5.25. The van der Waals surface area contributed by atoms with E-state index in [2.05, 4.69) is 20.6 Å². The van der Waals surface area contributed by atoms with Gasteiger partial charge in [0.15, 0.2) is 6.17 Å². The molecule has 0 fully saturated rings. The maximum absolute atomic E-state index is 12.8. The molecule has 1 atom stereocenters. The average Bonchev–Trinajstić information content (AvgIpc) is 2.69. The highest BCUT2D eigenvalue weighted by atomic mass is 35.5. The molecule has 1 unspecified atom stereocenters. The number of nitro groups is 1. The number of aryl methyl sites for hydroxylation is 3. The van der Waals surface area contributed by atoms with Crippen LogP contribution in [0.2, 0.25) is 5.02 Å². The highest BCUT2D eigenvalue weighted by Gasteiger charge is 2.28. The van der Waals surface area contributed by atoms with E-state index in [1.165, 1.54) is 28.8 Å². The Bertz CT molecular complexity index is 1300. The Balaban J connectivity index is 1.86. The van der Waals surface area contributed by atoms with Crippen LogP contribution in [0.3, 0.4) is 0 Å². The molecular weight excluding hydrogens is 420 g/mol. The van der Waals surface area contributed by atoms with E-state index < -0.39 is 11.1 Å². The minimum absolute atomic E-state index is 0.147. The van der Waals surface area contributed by atoms with Crippen molar-refractivity contribution < 1.29 is 4.92 Å². The molecule has 31 heavy (non-hydrogen) atoms. The van der Waals surface area contributed by atoms with Gasteiger partial charge >= 0.3 is 0 Å². The highest BCUT2D eigenvalue weighted by Crippen LogP contribution is 2.33. The molecule has 2 aromatic carbocycles. The predicted molar refractivity (Wildman–Crippen MR) is 120 cm³/mol. The molecule has 0 saturated carbocycles. The van der Waals surface area contributed by atoms with Gasteiger partial charge in [0.1, 0.15) is 0 Å². The summed E-state index contributed by atoms with van der Waals surface area (Å²) in [5, 5.41) is 17.8. The molecule has 2 heterocycles. The number of benzene rings is 2. The molecule has 1 aliphatic heterocycles. The maximum atomic E-state index is 12.8. The first kappa shape index (κ1) is 20.5. The van der Waals surface area contributed by atoms with E-state index in [4.69, 9.17) is 11.6 Å². The third-order valence-electron chi connectivity index (χ3n) is 4.91. The number of nitrogens with zero attached hydrogens (tertiary/aromatic N) is 4. The predicted octanol–water partition coefficient (Wildman–Crippen LogP) is 4.17. The molecule has 9 nitrogen and oxygen atoms in total. The Labute approximate surface area is 182 Å². The van der Waals surface area contributed by atoms with E-state index in [9.17, 15) is 14.9 Å². The number of rotatable bonds is 3. The van der Waals surface area contributed by atoms with Crippen LogP contribution in [0.5, 0.6) is 0 Å². The van der Waals surface area contributed by atoms with Crippen molar-refractivity contribution in [3.05, 3.63) is 90.3 Å². The van der Waals surface area contributed by atoms with Crippen LogP contribution in [0.25, 0.3) is 0 Å². The molecule has 1 aromatic heterocycles. The topological polar surface area (TPSA) is 114 Å². The summed E-state index contributed by atoms with van der Waals surface area (Å²) in [4.78, 5) is 32.6. The van der Waals surface area contributed by atoms with E-state index in [1.807, 2.05) is 32.0 Å². The monoisotopic (exact) mass is 438 g/mol. The van der Waals surface area contributed by atoms with Gasteiger partial charge in [-0.2, -0.15) is 0 Å². The number of aromatic nitrogens is 2. The molecular formula is C21H19ClN6O3. The molecule has 3 aromatic rings. The molecule has 0 amide bonds. The van der Waals surface area contributed by atoms with Gasteiger partial charge in [-0.15, -0.1) is 0 Å². The number of non-ortho nitro benzene ring substituents is 1. The van der Waals surface area contributed by atoms with Crippen LogP contribution in [0, 0.1) is 30.9 Å². The Morgan fingerprint density at radius 2 is 1.94 bits per heavy atom. The van der Waals surface area contributed by atoms with Crippen molar-refractivity contribution >= 4 is 34.9 Å². The lowest BCUT2D eigenvalue weighted by atomic mass is 10.1. The third kappa shape index (κ3) is 3.99. The fourth-order valence-corrected chi connectivity index (χ4v) is 3.66. The number of hydrogen-bond donors (Lipinski definition) is 2. The molecule has 0 radical (unpaired) electrons. The van der Waals surface area contributed by atoms with Gasteiger partial charge < -0.3 is 5.32 Å². The van der Waals surface area contributed by atoms with Crippen LogP contribution in [0.4, 0.5) is 17.3 Å². The molecule has 0 spiro atoms. The number of anilines is 2. The van der Waals surface area contributed by atoms with Crippen LogP contribution < -0.4 is 16.2 Å². The zero-order chi connectivity index (χ0) is 22.3. The van der Waals surface area contributed by atoms with E-state index in [0.29, 0.717) is 17.2 Å².